The van der Waals surface area contributed by atoms with Gasteiger partial charge < -0.3 is 5.32 Å². The Labute approximate surface area is 185 Å². The summed E-state index contributed by atoms with van der Waals surface area (Å²) in [5.41, 5.74) is 5.19. The van der Waals surface area contributed by atoms with Crippen LogP contribution in [0.15, 0.2) is 66.6 Å². The van der Waals surface area contributed by atoms with E-state index < -0.39 is 0 Å². The van der Waals surface area contributed by atoms with E-state index in [0.717, 1.165) is 22.5 Å². The van der Waals surface area contributed by atoms with E-state index in [4.69, 9.17) is 0 Å². The number of rotatable bonds is 7. The SMILES string of the molecule is Cc1ccc(-c2csc(NC(=O)CN(C)C(C)c3ccc(-n4cncn4)cc3)n2)cc1. The molecule has 0 saturated carbocycles. The maximum Gasteiger partial charge on any atom is 0.240 e. The zero-order valence-corrected chi connectivity index (χ0v) is 18.5. The molecule has 2 aromatic carbocycles. The molecule has 0 radical (unpaired) electrons. The van der Waals surface area contributed by atoms with E-state index in [-0.39, 0.29) is 18.5 Å². The normalized spacial score (nSPS) is 12.1. The third-order valence-corrected chi connectivity index (χ3v) is 5.97. The first kappa shape index (κ1) is 20.9. The lowest BCUT2D eigenvalue weighted by Gasteiger charge is -2.24. The fourth-order valence-electron chi connectivity index (χ4n) is 3.21. The number of nitrogens with one attached hydrogen (secondary N) is 1. The van der Waals surface area contributed by atoms with E-state index in [0.29, 0.717) is 5.13 Å². The summed E-state index contributed by atoms with van der Waals surface area (Å²) >= 11 is 1.43. The molecule has 7 nitrogen and oxygen atoms in total. The van der Waals surface area contributed by atoms with Crippen LogP contribution in [0.5, 0.6) is 0 Å². The van der Waals surface area contributed by atoms with Gasteiger partial charge in [-0.3, -0.25) is 9.69 Å². The molecule has 1 N–H and O–H groups in total. The van der Waals surface area contributed by atoms with Gasteiger partial charge in [-0.2, -0.15) is 5.10 Å². The zero-order valence-electron chi connectivity index (χ0n) is 17.7. The van der Waals surface area contributed by atoms with Crippen molar-refractivity contribution in [1.82, 2.24) is 24.6 Å². The molecule has 0 bridgehead atoms. The Morgan fingerprint density at radius 1 is 1.16 bits per heavy atom. The summed E-state index contributed by atoms with van der Waals surface area (Å²) in [7, 11) is 1.94. The van der Waals surface area contributed by atoms with Crippen molar-refractivity contribution in [2.75, 3.05) is 18.9 Å². The van der Waals surface area contributed by atoms with Crippen molar-refractivity contribution in [2.24, 2.45) is 0 Å². The van der Waals surface area contributed by atoms with Crippen LogP contribution in [0, 0.1) is 6.92 Å². The second-order valence-electron chi connectivity index (χ2n) is 7.47. The predicted molar refractivity (Wildman–Crippen MR) is 123 cm³/mol. The Kier molecular flexibility index (Phi) is 6.20. The van der Waals surface area contributed by atoms with E-state index in [1.165, 1.54) is 23.2 Å². The van der Waals surface area contributed by atoms with Crippen LogP contribution in [0.2, 0.25) is 0 Å². The van der Waals surface area contributed by atoms with E-state index >= 15 is 0 Å². The number of nitrogens with zero attached hydrogens (tertiary/aromatic N) is 5. The van der Waals surface area contributed by atoms with Crippen LogP contribution in [0.25, 0.3) is 16.9 Å². The molecule has 1 atom stereocenters. The van der Waals surface area contributed by atoms with Crippen molar-refractivity contribution in [3.63, 3.8) is 0 Å². The minimum Gasteiger partial charge on any atom is -0.301 e. The topological polar surface area (TPSA) is 75.9 Å². The van der Waals surface area contributed by atoms with E-state index in [9.17, 15) is 4.79 Å². The van der Waals surface area contributed by atoms with Crippen LogP contribution in [-0.2, 0) is 4.79 Å². The van der Waals surface area contributed by atoms with Crippen molar-refractivity contribution < 1.29 is 4.79 Å². The van der Waals surface area contributed by atoms with Crippen LogP contribution in [-0.4, -0.2) is 44.1 Å². The number of aryl methyl sites for hydroxylation is 1. The van der Waals surface area contributed by atoms with Gasteiger partial charge in [0.15, 0.2) is 5.13 Å². The molecule has 2 heterocycles. The Balaban J connectivity index is 1.34. The first-order chi connectivity index (χ1) is 15.0. The second kappa shape index (κ2) is 9.20. The summed E-state index contributed by atoms with van der Waals surface area (Å²) in [5, 5.41) is 9.63. The Bertz CT molecular complexity index is 1140. The Morgan fingerprint density at radius 3 is 2.58 bits per heavy atom. The van der Waals surface area contributed by atoms with Gasteiger partial charge in [0.1, 0.15) is 12.7 Å². The molecule has 0 aliphatic heterocycles. The molecule has 1 unspecified atom stereocenters. The van der Waals surface area contributed by atoms with E-state index in [1.54, 1.807) is 11.0 Å². The van der Waals surface area contributed by atoms with Crippen molar-refractivity contribution in [3.05, 3.63) is 77.7 Å². The summed E-state index contributed by atoms with van der Waals surface area (Å²) < 4.78 is 1.71. The van der Waals surface area contributed by atoms with Gasteiger partial charge in [-0.1, -0.05) is 42.0 Å². The van der Waals surface area contributed by atoms with Gasteiger partial charge in [-0.15, -0.1) is 11.3 Å². The quantitative estimate of drug-likeness (QED) is 0.470. The molecule has 1 amide bonds. The van der Waals surface area contributed by atoms with Crippen molar-refractivity contribution in [3.8, 4) is 16.9 Å². The number of carbonyl (C=O) groups excluding carboxylic acids is 1. The number of thiazole rings is 1. The molecule has 4 rings (SSSR count). The molecule has 2 aromatic heterocycles. The molecular weight excluding hydrogens is 408 g/mol. The molecular formula is C23H24N6OS. The van der Waals surface area contributed by atoms with Gasteiger partial charge in [0.05, 0.1) is 17.9 Å². The van der Waals surface area contributed by atoms with Gasteiger partial charge in [0, 0.05) is 17.0 Å². The van der Waals surface area contributed by atoms with Crippen molar-refractivity contribution >= 4 is 22.4 Å². The monoisotopic (exact) mass is 432 g/mol. The van der Waals surface area contributed by atoms with Gasteiger partial charge in [0.25, 0.3) is 0 Å². The number of hydrogen-bond acceptors (Lipinski definition) is 6. The van der Waals surface area contributed by atoms with Gasteiger partial charge in [-0.05, 0) is 38.6 Å². The fourth-order valence-corrected chi connectivity index (χ4v) is 3.95. The van der Waals surface area contributed by atoms with Gasteiger partial charge in [-0.25, -0.2) is 14.6 Å². The first-order valence-corrected chi connectivity index (χ1v) is 10.8. The number of hydrogen-bond donors (Lipinski definition) is 1. The lowest BCUT2D eigenvalue weighted by molar-refractivity contribution is -0.117. The van der Waals surface area contributed by atoms with Crippen molar-refractivity contribution in [2.45, 2.75) is 19.9 Å². The molecule has 0 fully saturated rings. The third-order valence-electron chi connectivity index (χ3n) is 5.21. The fraction of sp³-hybridized carbons (Fsp3) is 0.217. The molecule has 31 heavy (non-hydrogen) atoms. The summed E-state index contributed by atoms with van der Waals surface area (Å²) in [6.07, 6.45) is 3.17. The average Bonchev–Trinajstić information content (AvgIpc) is 3.46. The highest BCUT2D eigenvalue weighted by atomic mass is 32.1. The molecule has 8 heteroatoms. The summed E-state index contributed by atoms with van der Waals surface area (Å²) in [6.45, 7) is 4.40. The number of benzene rings is 2. The number of carbonyl (C=O) groups is 1. The third kappa shape index (κ3) is 5.04. The molecule has 4 aromatic rings. The Morgan fingerprint density at radius 2 is 1.90 bits per heavy atom. The van der Waals surface area contributed by atoms with E-state index in [1.807, 2.05) is 53.7 Å². The molecule has 0 aliphatic rings. The number of amides is 1. The van der Waals surface area contributed by atoms with Crippen LogP contribution >= 0.6 is 11.3 Å². The van der Waals surface area contributed by atoms with Crippen molar-refractivity contribution in [1.29, 1.82) is 0 Å². The smallest absolute Gasteiger partial charge is 0.240 e. The zero-order chi connectivity index (χ0) is 21.8. The minimum atomic E-state index is -0.0848. The first-order valence-electron chi connectivity index (χ1n) is 9.97. The largest absolute Gasteiger partial charge is 0.301 e. The maximum atomic E-state index is 12.6. The van der Waals surface area contributed by atoms with Crippen LogP contribution < -0.4 is 5.32 Å². The van der Waals surface area contributed by atoms with Crippen LogP contribution in [0.3, 0.4) is 0 Å². The summed E-state index contributed by atoms with van der Waals surface area (Å²) in [6, 6.07) is 16.4. The minimum absolute atomic E-state index is 0.0787. The summed E-state index contributed by atoms with van der Waals surface area (Å²) in [4.78, 5) is 23.1. The Hall–Kier alpha value is -3.36. The highest BCUT2D eigenvalue weighted by Crippen LogP contribution is 2.25. The molecule has 158 valence electrons. The van der Waals surface area contributed by atoms with Crippen LogP contribution in [0.1, 0.15) is 24.1 Å². The highest BCUT2D eigenvalue weighted by Gasteiger charge is 2.16. The van der Waals surface area contributed by atoms with Gasteiger partial charge >= 0.3 is 0 Å². The van der Waals surface area contributed by atoms with E-state index in [2.05, 4.69) is 46.4 Å². The summed E-state index contributed by atoms with van der Waals surface area (Å²) in [5.74, 6) is -0.0848. The standard InChI is InChI=1S/C23H24N6OS/c1-16-4-6-19(7-5-16)21-13-31-23(26-21)27-22(30)12-28(3)17(2)18-8-10-20(11-9-18)29-15-24-14-25-29/h4-11,13-15,17H,12H2,1-3H3,(H,26,27,30). The average molecular weight is 433 g/mol. The van der Waals surface area contributed by atoms with Gasteiger partial charge in [0.2, 0.25) is 5.91 Å². The molecule has 0 saturated heterocycles. The lowest BCUT2D eigenvalue weighted by Crippen LogP contribution is -2.32. The highest BCUT2D eigenvalue weighted by molar-refractivity contribution is 7.14. The number of aromatic nitrogens is 4. The number of anilines is 1. The maximum absolute atomic E-state index is 12.6. The second-order valence-corrected chi connectivity index (χ2v) is 8.33. The predicted octanol–water partition coefficient (Wildman–Crippen LogP) is 4.33. The molecule has 0 aliphatic carbocycles. The van der Waals surface area contributed by atoms with Crippen LogP contribution in [0.4, 0.5) is 5.13 Å². The number of likely N-dealkylation sites (N-methyl/N-ethyl adjacent to an activating group) is 1. The lowest BCUT2D eigenvalue weighted by atomic mass is 10.1. The molecule has 0 spiro atoms.